The van der Waals surface area contributed by atoms with E-state index in [1.54, 1.807) is 0 Å². The van der Waals surface area contributed by atoms with E-state index >= 15 is 0 Å². The number of aliphatic carboxylic acids is 1. The van der Waals surface area contributed by atoms with Crippen LogP contribution < -0.4 is 0 Å². The molecule has 1 aliphatic heterocycles. The highest BCUT2D eigenvalue weighted by Gasteiger charge is 2.01. The molecule has 0 fully saturated rings. The monoisotopic (exact) mass is 167 g/mol. The van der Waals surface area contributed by atoms with Gasteiger partial charge in [0.25, 0.3) is 0 Å². The van der Waals surface area contributed by atoms with Crippen molar-refractivity contribution in [3.63, 3.8) is 0 Å². The van der Waals surface area contributed by atoms with Gasteiger partial charge in [-0.3, -0.25) is 9.79 Å². The largest absolute Gasteiger partial charge is 0.481 e. The van der Waals surface area contributed by atoms with Gasteiger partial charge in [-0.05, 0) is 24.8 Å². The molecule has 0 saturated heterocycles. The van der Waals surface area contributed by atoms with E-state index < -0.39 is 5.97 Å². The Hall–Kier alpha value is -1.12. The fraction of sp³-hybridized carbons (Fsp3) is 0.556. The standard InChI is InChI=1S/C9H13NO2/c11-9(12)4-2-1-3-8-5-6-10-7-8/h6-7H,1-5H2,(H,11,12). The molecule has 3 nitrogen and oxygen atoms in total. The molecule has 66 valence electrons. The summed E-state index contributed by atoms with van der Waals surface area (Å²) in [6, 6.07) is 0. The lowest BCUT2D eigenvalue weighted by atomic mass is 10.1. The minimum atomic E-state index is -0.702. The van der Waals surface area contributed by atoms with Gasteiger partial charge in [0.2, 0.25) is 0 Å². The first-order chi connectivity index (χ1) is 5.79. The van der Waals surface area contributed by atoms with Crippen molar-refractivity contribution in [2.24, 2.45) is 4.99 Å². The number of unbranched alkanes of at least 4 members (excludes halogenated alkanes) is 1. The molecule has 0 bridgehead atoms. The highest BCUT2D eigenvalue weighted by Crippen LogP contribution is 2.14. The first kappa shape index (κ1) is 8.97. The number of hydrogen-bond acceptors (Lipinski definition) is 2. The van der Waals surface area contributed by atoms with Crippen molar-refractivity contribution in [2.75, 3.05) is 0 Å². The Morgan fingerprint density at radius 3 is 3.00 bits per heavy atom. The molecule has 0 aliphatic carbocycles. The summed E-state index contributed by atoms with van der Waals surface area (Å²) in [7, 11) is 0. The predicted octanol–water partition coefficient (Wildman–Crippen LogP) is 1.99. The molecule has 0 aromatic heterocycles. The van der Waals surface area contributed by atoms with Crippen LogP contribution in [0.15, 0.2) is 16.8 Å². The maximum atomic E-state index is 10.2. The van der Waals surface area contributed by atoms with Crippen LogP contribution in [0.4, 0.5) is 0 Å². The Kier molecular flexibility index (Phi) is 3.51. The lowest BCUT2D eigenvalue weighted by Gasteiger charge is -1.98. The van der Waals surface area contributed by atoms with Crippen molar-refractivity contribution in [3.05, 3.63) is 11.8 Å². The summed E-state index contributed by atoms with van der Waals surface area (Å²) in [4.78, 5) is 14.1. The lowest BCUT2D eigenvalue weighted by molar-refractivity contribution is -0.137. The fourth-order valence-corrected chi connectivity index (χ4v) is 1.18. The third-order valence-corrected chi connectivity index (χ3v) is 1.85. The molecule has 1 heterocycles. The van der Waals surface area contributed by atoms with Crippen LogP contribution in [-0.2, 0) is 4.79 Å². The fourth-order valence-electron chi connectivity index (χ4n) is 1.18. The van der Waals surface area contributed by atoms with E-state index in [9.17, 15) is 4.79 Å². The number of nitrogens with zero attached hydrogens (tertiary/aromatic N) is 1. The van der Waals surface area contributed by atoms with Crippen molar-refractivity contribution in [2.45, 2.75) is 32.1 Å². The number of allylic oxidation sites excluding steroid dienone is 1. The minimum Gasteiger partial charge on any atom is -0.481 e. The Morgan fingerprint density at radius 1 is 1.58 bits per heavy atom. The average molecular weight is 167 g/mol. The third-order valence-electron chi connectivity index (χ3n) is 1.85. The predicted molar refractivity (Wildman–Crippen MR) is 47.3 cm³/mol. The third kappa shape index (κ3) is 3.32. The van der Waals surface area contributed by atoms with Gasteiger partial charge in [-0.25, -0.2) is 0 Å². The first-order valence-corrected chi connectivity index (χ1v) is 4.20. The van der Waals surface area contributed by atoms with Crippen molar-refractivity contribution in [1.29, 1.82) is 0 Å². The number of carboxylic acid groups (broad SMARTS) is 1. The van der Waals surface area contributed by atoms with Crippen molar-refractivity contribution in [1.82, 2.24) is 0 Å². The van der Waals surface area contributed by atoms with Crippen LogP contribution in [0.5, 0.6) is 0 Å². The normalized spacial score (nSPS) is 14.8. The van der Waals surface area contributed by atoms with Gasteiger partial charge in [0.1, 0.15) is 0 Å². The van der Waals surface area contributed by atoms with Gasteiger partial charge in [-0.1, -0.05) is 0 Å². The summed E-state index contributed by atoms with van der Waals surface area (Å²) >= 11 is 0. The molecule has 1 aliphatic rings. The molecule has 0 unspecified atom stereocenters. The van der Waals surface area contributed by atoms with E-state index in [4.69, 9.17) is 5.11 Å². The molecule has 0 aromatic rings. The Labute approximate surface area is 71.8 Å². The topological polar surface area (TPSA) is 49.7 Å². The number of hydrogen-bond donors (Lipinski definition) is 1. The molecule has 0 saturated carbocycles. The second-order valence-electron chi connectivity index (χ2n) is 2.92. The molecule has 0 spiro atoms. The van der Waals surface area contributed by atoms with Crippen molar-refractivity contribution < 1.29 is 9.90 Å². The number of rotatable bonds is 5. The molecule has 3 heteroatoms. The Bertz CT molecular complexity index is 219. The van der Waals surface area contributed by atoms with Gasteiger partial charge in [0, 0.05) is 25.3 Å². The van der Waals surface area contributed by atoms with Gasteiger partial charge in [0.05, 0.1) is 0 Å². The van der Waals surface area contributed by atoms with Gasteiger partial charge < -0.3 is 5.11 Å². The Morgan fingerprint density at radius 2 is 2.42 bits per heavy atom. The van der Waals surface area contributed by atoms with Gasteiger partial charge >= 0.3 is 5.97 Å². The molecule has 0 radical (unpaired) electrons. The summed E-state index contributed by atoms with van der Waals surface area (Å²) < 4.78 is 0. The molecular weight excluding hydrogens is 154 g/mol. The zero-order valence-corrected chi connectivity index (χ0v) is 6.99. The van der Waals surface area contributed by atoms with Crippen LogP contribution in [0.3, 0.4) is 0 Å². The highest BCUT2D eigenvalue weighted by atomic mass is 16.4. The van der Waals surface area contributed by atoms with E-state index in [1.807, 2.05) is 12.4 Å². The number of aliphatic imine (C=N–C) groups is 1. The molecule has 12 heavy (non-hydrogen) atoms. The second-order valence-corrected chi connectivity index (χ2v) is 2.92. The number of carboxylic acids is 1. The van der Waals surface area contributed by atoms with E-state index in [1.165, 1.54) is 5.57 Å². The van der Waals surface area contributed by atoms with Crippen molar-refractivity contribution in [3.8, 4) is 0 Å². The zero-order valence-electron chi connectivity index (χ0n) is 6.99. The van der Waals surface area contributed by atoms with Crippen LogP contribution >= 0.6 is 0 Å². The van der Waals surface area contributed by atoms with Crippen LogP contribution in [0.1, 0.15) is 32.1 Å². The average Bonchev–Trinajstić information content (AvgIpc) is 2.49. The molecule has 0 atom stereocenters. The zero-order chi connectivity index (χ0) is 8.81. The van der Waals surface area contributed by atoms with Crippen LogP contribution in [-0.4, -0.2) is 17.3 Å². The maximum absolute atomic E-state index is 10.2. The van der Waals surface area contributed by atoms with E-state index in [0.717, 1.165) is 25.7 Å². The maximum Gasteiger partial charge on any atom is 0.303 e. The molecule has 1 rings (SSSR count). The van der Waals surface area contributed by atoms with E-state index in [0.29, 0.717) is 0 Å². The van der Waals surface area contributed by atoms with Crippen LogP contribution in [0.2, 0.25) is 0 Å². The SMILES string of the molecule is O=C(O)CCCCC1=CN=CC1. The van der Waals surface area contributed by atoms with Crippen LogP contribution in [0.25, 0.3) is 0 Å². The second kappa shape index (κ2) is 4.70. The number of carbonyl (C=O) groups is 1. The van der Waals surface area contributed by atoms with Crippen molar-refractivity contribution >= 4 is 12.2 Å². The van der Waals surface area contributed by atoms with E-state index in [-0.39, 0.29) is 6.42 Å². The molecule has 0 aromatic carbocycles. The smallest absolute Gasteiger partial charge is 0.303 e. The summed E-state index contributed by atoms with van der Waals surface area (Å²) in [5.74, 6) is -0.702. The van der Waals surface area contributed by atoms with E-state index in [2.05, 4.69) is 4.99 Å². The van der Waals surface area contributed by atoms with Gasteiger partial charge in [-0.2, -0.15) is 0 Å². The van der Waals surface area contributed by atoms with Crippen LogP contribution in [0, 0.1) is 0 Å². The molecule has 0 amide bonds. The summed E-state index contributed by atoms with van der Waals surface area (Å²) in [6.07, 6.45) is 7.72. The first-order valence-electron chi connectivity index (χ1n) is 4.20. The molecule has 1 N–H and O–H groups in total. The lowest BCUT2D eigenvalue weighted by Crippen LogP contribution is -1.93. The summed E-state index contributed by atoms with van der Waals surface area (Å²) in [5, 5.41) is 8.37. The molecular formula is C9H13NO2. The summed E-state index contributed by atoms with van der Waals surface area (Å²) in [6.45, 7) is 0. The van der Waals surface area contributed by atoms with Gasteiger partial charge in [0.15, 0.2) is 0 Å². The summed E-state index contributed by atoms with van der Waals surface area (Å²) in [5.41, 5.74) is 1.32. The minimum absolute atomic E-state index is 0.286. The quantitative estimate of drug-likeness (QED) is 0.636. The highest BCUT2D eigenvalue weighted by molar-refractivity contribution is 5.66. The van der Waals surface area contributed by atoms with Gasteiger partial charge in [-0.15, -0.1) is 0 Å². The Balaban J connectivity index is 1.99.